The first-order valence-electron chi connectivity index (χ1n) is 6.43. The van der Waals surface area contributed by atoms with Crippen LogP contribution in [0.3, 0.4) is 0 Å². The van der Waals surface area contributed by atoms with Gasteiger partial charge in [-0.3, -0.25) is 5.10 Å². The lowest BCUT2D eigenvalue weighted by Gasteiger charge is -2.03. The first-order chi connectivity index (χ1) is 10.0. The monoisotopic (exact) mass is 304 g/mol. The molecule has 0 saturated carbocycles. The van der Waals surface area contributed by atoms with Crippen molar-refractivity contribution in [2.75, 3.05) is 7.11 Å². The van der Waals surface area contributed by atoms with E-state index >= 15 is 0 Å². The minimum atomic E-state index is -0.363. The van der Waals surface area contributed by atoms with Crippen LogP contribution in [-0.2, 0) is 4.74 Å². The number of ether oxygens (including phenoxy) is 1. The van der Waals surface area contributed by atoms with Crippen LogP contribution in [0.25, 0.3) is 0 Å². The average Bonchev–Trinajstić information content (AvgIpc) is 2.86. The second kappa shape index (κ2) is 6.45. The van der Waals surface area contributed by atoms with Crippen LogP contribution in [0.1, 0.15) is 41.5 Å². The fraction of sp³-hybridized carbons (Fsp3) is 0.286. The third kappa shape index (κ3) is 3.43. The van der Waals surface area contributed by atoms with Gasteiger partial charge in [0.15, 0.2) is 5.82 Å². The van der Waals surface area contributed by atoms with Crippen molar-refractivity contribution in [1.82, 2.24) is 14.9 Å². The Morgan fingerprint density at radius 1 is 1.43 bits per heavy atom. The van der Waals surface area contributed by atoms with Crippen LogP contribution in [0.15, 0.2) is 29.4 Å². The summed E-state index contributed by atoms with van der Waals surface area (Å²) in [5.74, 6) is 0.608. The van der Waals surface area contributed by atoms with Crippen LogP contribution in [0, 0.1) is 4.77 Å². The van der Waals surface area contributed by atoms with Crippen molar-refractivity contribution in [2.45, 2.75) is 19.8 Å². The number of nitrogens with zero attached hydrogens (tertiary/aromatic N) is 3. The summed E-state index contributed by atoms with van der Waals surface area (Å²) in [5, 5.41) is 11.2. The predicted molar refractivity (Wildman–Crippen MR) is 82.3 cm³/mol. The summed E-state index contributed by atoms with van der Waals surface area (Å²) in [6.07, 6.45) is 1.66. The Kier molecular flexibility index (Phi) is 4.64. The van der Waals surface area contributed by atoms with Gasteiger partial charge in [-0.05, 0) is 29.9 Å². The first-order valence-corrected chi connectivity index (χ1v) is 6.83. The molecule has 0 amide bonds. The second-order valence-electron chi connectivity index (χ2n) is 4.71. The molecule has 21 heavy (non-hydrogen) atoms. The maximum Gasteiger partial charge on any atom is 0.337 e. The van der Waals surface area contributed by atoms with Gasteiger partial charge in [0.1, 0.15) is 0 Å². The maximum absolute atomic E-state index is 11.3. The van der Waals surface area contributed by atoms with E-state index in [9.17, 15) is 4.79 Å². The standard InChI is InChI=1S/C14H16N4O2S/c1-9(2)12-16-17-14(21)18(12)15-8-10-4-6-11(7-5-10)13(19)20-3/h4-9H,1-3H3,(H,17,21). The smallest absolute Gasteiger partial charge is 0.337 e. The molecule has 1 heterocycles. The van der Waals surface area contributed by atoms with Crippen molar-refractivity contribution in [2.24, 2.45) is 5.10 Å². The minimum absolute atomic E-state index is 0.205. The van der Waals surface area contributed by atoms with Crippen LogP contribution in [0.5, 0.6) is 0 Å². The zero-order valence-corrected chi connectivity index (χ0v) is 12.8. The molecule has 2 aromatic rings. The van der Waals surface area contributed by atoms with Crippen LogP contribution in [0.4, 0.5) is 0 Å². The molecule has 1 aromatic heterocycles. The number of benzene rings is 1. The number of aromatic nitrogens is 3. The first kappa shape index (κ1) is 15.1. The van der Waals surface area contributed by atoms with Gasteiger partial charge >= 0.3 is 5.97 Å². The summed E-state index contributed by atoms with van der Waals surface area (Å²) >= 11 is 5.15. The van der Waals surface area contributed by atoms with Gasteiger partial charge in [-0.15, -0.1) is 0 Å². The van der Waals surface area contributed by atoms with Crippen molar-refractivity contribution in [3.63, 3.8) is 0 Å². The molecule has 0 spiro atoms. The van der Waals surface area contributed by atoms with Crippen LogP contribution in [-0.4, -0.2) is 34.2 Å². The number of carbonyl (C=O) groups is 1. The minimum Gasteiger partial charge on any atom is -0.465 e. The van der Waals surface area contributed by atoms with Gasteiger partial charge in [0.05, 0.1) is 18.9 Å². The molecule has 0 atom stereocenters. The number of rotatable bonds is 4. The molecule has 0 radical (unpaired) electrons. The van der Waals surface area contributed by atoms with Crippen LogP contribution >= 0.6 is 12.2 Å². The Labute approximate surface area is 127 Å². The molecular weight excluding hydrogens is 288 g/mol. The molecule has 0 aliphatic rings. The highest BCUT2D eigenvalue weighted by Crippen LogP contribution is 2.11. The van der Waals surface area contributed by atoms with Crippen molar-refractivity contribution < 1.29 is 9.53 Å². The third-order valence-corrected chi connectivity index (χ3v) is 3.11. The van der Waals surface area contributed by atoms with Gasteiger partial charge in [-0.25, -0.2) is 4.79 Å². The van der Waals surface area contributed by atoms with Gasteiger partial charge in [-0.2, -0.15) is 14.9 Å². The van der Waals surface area contributed by atoms with Crippen molar-refractivity contribution >= 4 is 24.4 Å². The number of H-pyrrole nitrogens is 1. The lowest BCUT2D eigenvalue weighted by molar-refractivity contribution is 0.0600. The van der Waals surface area contributed by atoms with E-state index in [0.717, 1.165) is 11.4 Å². The molecule has 2 rings (SSSR count). The SMILES string of the molecule is COC(=O)c1ccc(C=Nn2c(C(C)C)n[nH]c2=S)cc1. The molecular formula is C14H16N4O2S. The molecule has 0 aliphatic carbocycles. The van der Waals surface area contributed by atoms with E-state index in [2.05, 4.69) is 20.0 Å². The topological polar surface area (TPSA) is 72.3 Å². The van der Waals surface area contributed by atoms with Crippen molar-refractivity contribution in [3.05, 3.63) is 46.0 Å². The fourth-order valence-electron chi connectivity index (χ4n) is 1.74. The van der Waals surface area contributed by atoms with E-state index in [1.165, 1.54) is 7.11 Å². The zero-order chi connectivity index (χ0) is 15.4. The summed E-state index contributed by atoms with van der Waals surface area (Å²) in [4.78, 5) is 11.3. The van der Waals surface area contributed by atoms with E-state index < -0.39 is 0 Å². The van der Waals surface area contributed by atoms with E-state index in [0.29, 0.717) is 10.3 Å². The summed E-state index contributed by atoms with van der Waals surface area (Å²) in [6.45, 7) is 4.03. The number of hydrogen-bond acceptors (Lipinski definition) is 5. The summed E-state index contributed by atoms with van der Waals surface area (Å²) in [5.41, 5.74) is 1.35. The third-order valence-electron chi connectivity index (χ3n) is 2.85. The van der Waals surface area contributed by atoms with Crippen LogP contribution in [0.2, 0.25) is 0 Å². The van der Waals surface area contributed by atoms with E-state index in [1.807, 2.05) is 13.8 Å². The average molecular weight is 304 g/mol. The largest absolute Gasteiger partial charge is 0.465 e. The Morgan fingerprint density at radius 2 is 2.10 bits per heavy atom. The van der Waals surface area contributed by atoms with E-state index in [-0.39, 0.29) is 11.9 Å². The molecule has 110 valence electrons. The lowest BCUT2D eigenvalue weighted by atomic mass is 10.1. The summed E-state index contributed by atoms with van der Waals surface area (Å²) < 4.78 is 6.69. The van der Waals surface area contributed by atoms with Gasteiger partial charge in [0.2, 0.25) is 4.77 Å². The highest BCUT2D eigenvalue weighted by Gasteiger charge is 2.08. The van der Waals surface area contributed by atoms with E-state index in [4.69, 9.17) is 12.2 Å². The highest BCUT2D eigenvalue weighted by atomic mass is 32.1. The summed E-state index contributed by atoms with van der Waals surface area (Å²) in [6, 6.07) is 6.94. The van der Waals surface area contributed by atoms with Gasteiger partial charge in [-0.1, -0.05) is 26.0 Å². The van der Waals surface area contributed by atoms with Crippen molar-refractivity contribution in [3.8, 4) is 0 Å². The zero-order valence-electron chi connectivity index (χ0n) is 12.0. The van der Waals surface area contributed by atoms with E-state index in [1.54, 1.807) is 35.2 Å². The predicted octanol–water partition coefficient (Wildman–Crippen LogP) is 2.73. The number of aromatic amines is 1. The molecule has 0 saturated heterocycles. The lowest BCUT2D eigenvalue weighted by Crippen LogP contribution is -2.02. The Balaban J connectivity index is 2.24. The molecule has 0 bridgehead atoms. The maximum atomic E-state index is 11.3. The Hall–Kier alpha value is -2.28. The Bertz CT molecular complexity index is 713. The number of nitrogens with one attached hydrogen (secondary N) is 1. The van der Waals surface area contributed by atoms with Crippen LogP contribution < -0.4 is 0 Å². The van der Waals surface area contributed by atoms with Gasteiger partial charge in [0.25, 0.3) is 0 Å². The Morgan fingerprint density at radius 3 is 2.67 bits per heavy atom. The number of esters is 1. The number of methoxy groups -OCH3 is 1. The summed E-state index contributed by atoms with van der Waals surface area (Å²) in [7, 11) is 1.35. The molecule has 6 nitrogen and oxygen atoms in total. The van der Waals surface area contributed by atoms with Crippen molar-refractivity contribution in [1.29, 1.82) is 0 Å². The second-order valence-corrected chi connectivity index (χ2v) is 5.10. The molecule has 1 aromatic carbocycles. The molecule has 0 unspecified atom stereocenters. The molecule has 1 N–H and O–H groups in total. The highest BCUT2D eigenvalue weighted by molar-refractivity contribution is 7.71. The quantitative estimate of drug-likeness (QED) is 0.535. The fourth-order valence-corrected chi connectivity index (χ4v) is 1.92. The number of hydrogen-bond donors (Lipinski definition) is 1. The molecule has 0 aliphatic heterocycles. The molecule has 7 heteroatoms. The molecule has 0 fully saturated rings. The normalized spacial score (nSPS) is 11.2. The van der Waals surface area contributed by atoms with Gasteiger partial charge in [0, 0.05) is 5.92 Å². The number of carbonyl (C=O) groups excluding carboxylic acids is 1. The van der Waals surface area contributed by atoms with Gasteiger partial charge < -0.3 is 4.74 Å².